The molecule has 20 nitrogen and oxygen atoms in total. The van der Waals surface area contributed by atoms with E-state index < -0.39 is 97.6 Å². The van der Waals surface area contributed by atoms with Crippen molar-refractivity contribution >= 4 is 47.0 Å². The van der Waals surface area contributed by atoms with Gasteiger partial charge in [0.15, 0.2) is 40.2 Å². The highest BCUT2D eigenvalue weighted by Crippen LogP contribution is 2.52. The summed E-state index contributed by atoms with van der Waals surface area (Å²) in [6.07, 6.45) is -8.56. The van der Waals surface area contributed by atoms with E-state index in [9.17, 15) is 54.9 Å². The van der Waals surface area contributed by atoms with Gasteiger partial charge in [-0.1, -0.05) is 24.3 Å². The lowest BCUT2D eigenvalue weighted by Crippen LogP contribution is -2.68. The molecule has 1 saturated heterocycles. The zero-order valence-electron chi connectivity index (χ0n) is 34.3. The highest BCUT2D eigenvalue weighted by molar-refractivity contribution is 6.72. The molecule has 64 heavy (non-hydrogen) atoms. The maximum Gasteiger partial charge on any atom is 0.302 e. The predicted octanol–water partition coefficient (Wildman–Crippen LogP) is -0.755. The van der Waals surface area contributed by atoms with Gasteiger partial charge in [-0.15, -0.1) is 0 Å². The number of nitrogens with zero attached hydrogens (tertiary/aromatic N) is 4. The topological polar surface area (TPSA) is 313 Å². The van der Waals surface area contributed by atoms with Crippen LogP contribution in [0.15, 0.2) is 63.5 Å². The average Bonchev–Trinajstić information content (AvgIpc) is 3.70. The Hall–Kier alpha value is -5.81. The largest absolute Gasteiger partial charge is 0.486 e. The Kier molecular flexibility index (Phi) is 12.8. The number of guanidine groups is 1. The molecular weight excluding hydrogens is 839 g/mol. The second kappa shape index (κ2) is 18.4. The first-order valence-electron chi connectivity index (χ1n) is 20.7. The third-order valence-corrected chi connectivity index (χ3v) is 12.1. The summed E-state index contributed by atoms with van der Waals surface area (Å²) in [5.41, 5.74) is 4.14. The van der Waals surface area contributed by atoms with Crippen LogP contribution in [0.2, 0.25) is 0 Å². The van der Waals surface area contributed by atoms with Crippen LogP contribution in [-0.2, 0) is 25.7 Å². The highest BCUT2D eigenvalue weighted by Gasteiger charge is 2.57. The van der Waals surface area contributed by atoms with Gasteiger partial charge < -0.3 is 70.1 Å². The average molecular weight is 886 g/mol. The molecule has 0 spiro atoms. The van der Waals surface area contributed by atoms with Crippen LogP contribution in [0.3, 0.4) is 0 Å². The molecule has 4 heterocycles. The van der Waals surface area contributed by atoms with Crippen molar-refractivity contribution in [3.05, 3.63) is 87.5 Å². The monoisotopic (exact) mass is 885 g/mol. The minimum atomic E-state index is -2.54. The lowest BCUT2D eigenvalue weighted by atomic mass is 9.74. The van der Waals surface area contributed by atoms with E-state index in [0.717, 1.165) is 0 Å². The summed E-state index contributed by atoms with van der Waals surface area (Å²) in [6, 6.07) is 12.7. The zero-order valence-corrected chi connectivity index (χ0v) is 34.3. The number of aldehydes is 1. The molecule has 0 radical (unpaired) electrons. The summed E-state index contributed by atoms with van der Waals surface area (Å²) in [4.78, 5) is 68.2. The van der Waals surface area contributed by atoms with Gasteiger partial charge in [-0.3, -0.25) is 19.4 Å². The Balaban J connectivity index is 1.45. The van der Waals surface area contributed by atoms with Gasteiger partial charge in [-0.05, 0) is 54.2 Å². The molecule has 0 unspecified atom stereocenters. The van der Waals surface area contributed by atoms with Crippen LogP contribution in [0.4, 0.5) is 5.69 Å². The van der Waals surface area contributed by atoms with Gasteiger partial charge in [0, 0.05) is 59.9 Å². The quantitative estimate of drug-likeness (QED) is 0.0766. The van der Waals surface area contributed by atoms with Crippen molar-refractivity contribution in [2.24, 2.45) is 26.6 Å². The number of aliphatic hydroxyl groups excluding tert-OH is 6. The number of carbonyl (C=O) groups is 4. The molecule has 4 aliphatic heterocycles. The second-order valence-corrected chi connectivity index (χ2v) is 16.1. The number of aliphatic hydroxyl groups is 7. The van der Waals surface area contributed by atoms with Gasteiger partial charge in [0.1, 0.15) is 37.9 Å². The first kappa shape index (κ1) is 44.8. The number of rotatable bonds is 13. The van der Waals surface area contributed by atoms with Crippen molar-refractivity contribution in [2.75, 3.05) is 44.6 Å². The van der Waals surface area contributed by atoms with Crippen LogP contribution in [0.1, 0.15) is 80.1 Å². The lowest BCUT2D eigenvalue weighted by Gasteiger charge is -2.47. The maximum absolute atomic E-state index is 14.8. The predicted molar refractivity (Wildman–Crippen MR) is 224 cm³/mol. The fourth-order valence-electron chi connectivity index (χ4n) is 8.96. The molecule has 3 aromatic rings. The molecule has 0 aromatic heterocycles. The molecule has 1 amide bonds. The van der Waals surface area contributed by atoms with Crippen LogP contribution in [0.5, 0.6) is 11.5 Å². The van der Waals surface area contributed by atoms with Crippen molar-refractivity contribution in [2.45, 2.75) is 74.5 Å². The van der Waals surface area contributed by atoms with Gasteiger partial charge >= 0.3 is 5.91 Å². The normalized spacial score (nSPS) is 26.8. The van der Waals surface area contributed by atoms with Gasteiger partial charge in [0.05, 0.1) is 31.5 Å². The summed E-state index contributed by atoms with van der Waals surface area (Å²) in [5.74, 6) is -4.71. The van der Waals surface area contributed by atoms with E-state index >= 15 is 0 Å². The standard InChI is InChI=1S/C44H47N5O15/c45-43-47-40-33(41(59)48-43)46-20-49(40)29-6-2-1-5-25(29)31-22(4-3-11-50)17-61-19-30-36(57)39(58)44(60,10-13-52)42(63-30)64-37-28(31)15-27-32(38(37)62-18-23(54)9-12-51)35(56)26-14-21(16-53)7-8-24(26)34(27)55/h1-2,5-8,12,14-15,22-23,30-31,36,39,42,50,52-54,57-58,60H,3-4,9-11,13,16-20H2,(H2,45,48,59)/t22-,23-,30+,31-,36+,39-,42-,44+/m1/s1. The van der Waals surface area contributed by atoms with Crippen molar-refractivity contribution < 1.29 is 73.9 Å². The number of hydrogen-bond acceptors (Lipinski definition) is 19. The van der Waals surface area contributed by atoms with Crippen molar-refractivity contribution in [1.29, 1.82) is 0 Å². The van der Waals surface area contributed by atoms with Gasteiger partial charge in [-0.2, -0.15) is 9.98 Å². The van der Waals surface area contributed by atoms with E-state index in [2.05, 4.69) is 15.0 Å². The fourth-order valence-corrected chi connectivity index (χ4v) is 8.96. The number of para-hydroxylation sites is 1. The van der Waals surface area contributed by atoms with Crippen LogP contribution >= 0.6 is 0 Å². The molecule has 1 fully saturated rings. The van der Waals surface area contributed by atoms with E-state index in [1.54, 1.807) is 29.2 Å². The Morgan fingerprint density at radius 2 is 1.77 bits per heavy atom. The number of ether oxygens (including phenoxy) is 4. The van der Waals surface area contributed by atoms with E-state index in [-0.39, 0.29) is 96.8 Å². The summed E-state index contributed by atoms with van der Waals surface area (Å²) in [5, 5.41) is 76.2. The number of ketones is 2. The molecule has 3 aromatic carbocycles. The SMILES string of the molecule is NC1=NC(=O)C2=NCN(c3ccccc3[C@@H]3c4cc5c(c(OC[C@H](O)CC=O)c4O[C@H]4O[C@@H](COC[C@H]3CCCO)[C@H](O)[C@@H](O)[C@@]4(O)CCO)C(=O)c3cc(CO)ccc3C5=O)C2=N1. The Morgan fingerprint density at radius 1 is 0.969 bits per heavy atom. The summed E-state index contributed by atoms with van der Waals surface area (Å²) in [7, 11) is 0. The van der Waals surface area contributed by atoms with Gasteiger partial charge in [0.2, 0.25) is 12.2 Å². The Bertz CT molecular complexity index is 2460. The smallest absolute Gasteiger partial charge is 0.302 e. The third-order valence-electron chi connectivity index (χ3n) is 12.1. The number of nitrogens with two attached hydrogens (primary N) is 1. The minimum absolute atomic E-state index is 0.00477. The molecule has 9 N–H and O–H groups in total. The highest BCUT2D eigenvalue weighted by atomic mass is 16.7. The van der Waals surface area contributed by atoms with Crippen molar-refractivity contribution in [1.82, 2.24) is 0 Å². The molecule has 5 aliphatic rings. The lowest BCUT2D eigenvalue weighted by molar-refractivity contribution is -0.325. The number of amidine groups is 1. The van der Waals surface area contributed by atoms with Crippen molar-refractivity contribution in [3.8, 4) is 11.5 Å². The molecule has 1 aliphatic carbocycles. The zero-order chi connectivity index (χ0) is 45.4. The van der Waals surface area contributed by atoms with E-state index in [1.165, 1.54) is 24.3 Å². The number of fused-ring (bicyclic) bond motifs is 6. The molecular formula is C44H47N5O15. The molecule has 20 heteroatoms. The van der Waals surface area contributed by atoms with Crippen molar-refractivity contribution in [3.63, 3.8) is 0 Å². The number of anilines is 1. The van der Waals surface area contributed by atoms with Gasteiger partial charge in [-0.25, -0.2) is 0 Å². The van der Waals surface area contributed by atoms with Crippen LogP contribution in [0, 0.1) is 5.92 Å². The molecule has 0 saturated carbocycles. The summed E-state index contributed by atoms with van der Waals surface area (Å²) >= 11 is 0. The first-order chi connectivity index (χ1) is 30.8. The number of hydrogen-bond donors (Lipinski definition) is 8. The van der Waals surface area contributed by atoms with Crippen LogP contribution in [0.25, 0.3) is 0 Å². The molecule has 338 valence electrons. The number of aliphatic imine (C=N–C) groups is 3. The molecule has 8 rings (SSSR count). The van der Waals surface area contributed by atoms with Gasteiger partial charge in [0.25, 0.3) is 0 Å². The van der Waals surface area contributed by atoms with E-state index in [0.29, 0.717) is 23.1 Å². The summed E-state index contributed by atoms with van der Waals surface area (Å²) < 4.78 is 25.5. The maximum atomic E-state index is 14.8. The summed E-state index contributed by atoms with van der Waals surface area (Å²) in [6.45, 7) is -2.65. The van der Waals surface area contributed by atoms with Crippen LogP contribution in [-0.4, -0.2) is 153 Å². The van der Waals surface area contributed by atoms with E-state index in [1.807, 2.05) is 0 Å². The minimum Gasteiger partial charge on any atom is -0.486 e. The fraction of sp³-hybridized carbons (Fsp3) is 0.432. The second-order valence-electron chi connectivity index (χ2n) is 16.1. The Morgan fingerprint density at radius 3 is 2.52 bits per heavy atom. The number of benzene rings is 3. The van der Waals surface area contributed by atoms with E-state index in [4.69, 9.17) is 24.7 Å². The number of carbonyl (C=O) groups excluding carboxylic acids is 4. The third kappa shape index (κ3) is 7.90. The first-order valence-corrected chi connectivity index (χ1v) is 20.7. The number of amides is 1. The Labute approximate surface area is 364 Å². The molecule has 8 atom stereocenters. The molecule has 2 bridgehead atoms. The van der Waals surface area contributed by atoms with Crippen LogP contribution < -0.4 is 20.1 Å².